The first-order valence-corrected chi connectivity index (χ1v) is 22.8. The van der Waals surface area contributed by atoms with Crippen molar-refractivity contribution in [1.82, 2.24) is 0 Å². The standard InChI is InChI=1S/C21H28OSSi.C17H30OSSi/c1-13(2)18-10-17(11-19(14(3)4)21(18)22)23-12-24-20-9-7-8-15(5)16(20)6;1-11(2)16-14(18)9-10-15(17(16)12(3)4)19-13(5)20(6,7)8/h7-11,13-14,22H,12H2,1-6H3;9-13,18H,1-8H3. The molecule has 0 saturated carbocycles. The lowest BCUT2D eigenvalue weighted by atomic mass is 9.90. The highest BCUT2D eigenvalue weighted by Crippen LogP contribution is 2.42. The van der Waals surface area contributed by atoms with Crippen LogP contribution in [0.2, 0.25) is 19.6 Å². The second-order valence-corrected chi connectivity index (χ2v) is 24.5. The Labute approximate surface area is 282 Å². The number of phenols is 2. The van der Waals surface area contributed by atoms with Crippen molar-refractivity contribution in [2.24, 2.45) is 0 Å². The van der Waals surface area contributed by atoms with E-state index in [4.69, 9.17) is 0 Å². The quantitative estimate of drug-likeness (QED) is 0.158. The van der Waals surface area contributed by atoms with Gasteiger partial charge in [0.2, 0.25) is 0 Å². The lowest BCUT2D eigenvalue weighted by Gasteiger charge is -2.28. The van der Waals surface area contributed by atoms with Crippen molar-refractivity contribution in [1.29, 1.82) is 0 Å². The molecular weight excluding hydrogens is 609 g/mol. The Morgan fingerprint density at radius 1 is 0.727 bits per heavy atom. The molecule has 0 aromatic heterocycles. The van der Waals surface area contributed by atoms with E-state index in [0.717, 1.165) is 31.6 Å². The van der Waals surface area contributed by atoms with Crippen LogP contribution in [-0.4, -0.2) is 38.1 Å². The van der Waals surface area contributed by atoms with Gasteiger partial charge in [0.25, 0.3) is 0 Å². The maximum absolute atomic E-state index is 10.5. The largest absolute Gasteiger partial charge is 0.508 e. The molecule has 3 rings (SSSR count). The molecule has 2 nitrogen and oxygen atoms in total. The van der Waals surface area contributed by atoms with Crippen molar-refractivity contribution in [3.63, 3.8) is 0 Å². The average Bonchev–Trinajstić information content (AvgIpc) is 2.91. The van der Waals surface area contributed by atoms with Crippen LogP contribution in [0.3, 0.4) is 0 Å². The molecule has 1 unspecified atom stereocenters. The maximum atomic E-state index is 10.5. The van der Waals surface area contributed by atoms with E-state index in [-0.39, 0.29) is 0 Å². The van der Waals surface area contributed by atoms with Crippen molar-refractivity contribution in [2.75, 3.05) is 5.38 Å². The summed E-state index contributed by atoms with van der Waals surface area (Å²) in [6.45, 7) is 31.4. The molecule has 3 aromatic carbocycles. The smallest absolute Gasteiger partial charge is 0.122 e. The fraction of sp³-hybridized carbons (Fsp3) is 0.526. The molecule has 242 valence electrons. The predicted molar refractivity (Wildman–Crippen MR) is 203 cm³/mol. The Bertz CT molecular complexity index is 1340. The lowest BCUT2D eigenvalue weighted by molar-refractivity contribution is 0.453. The zero-order valence-corrected chi connectivity index (χ0v) is 33.5. The normalized spacial score (nSPS) is 12.7. The zero-order valence-electron chi connectivity index (χ0n) is 29.8. The van der Waals surface area contributed by atoms with Crippen LogP contribution in [0.5, 0.6) is 11.5 Å². The van der Waals surface area contributed by atoms with Gasteiger partial charge in [0.15, 0.2) is 0 Å². The van der Waals surface area contributed by atoms with Gasteiger partial charge in [0, 0.05) is 20.2 Å². The number of phenolic OH excluding ortho intramolecular Hbond substituents is 2. The van der Waals surface area contributed by atoms with Crippen LogP contribution in [0.1, 0.15) is 119 Å². The summed E-state index contributed by atoms with van der Waals surface area (Å²) in [6.07, 6.45) is 0. The highest BCUT2D eigenvalue weighted by Gasteiger charge is 2.26. The van der Waals surface area contributed by atoms with E-state index in [1.807, 2.05) is 29.6 Å². The van der Waals surface area contributed by atoms with Crippen LogP contribution in [0.4, 0.5) is 0 Å². The van der Waals surface area contributed by atoms with Gasteiger partial charge in [-0.05, 0) is 95.0 Å². The van der Waals surface area contributed by atoms with Crippen LogP contribution in [0, 0.1) is 13.8 Å². The summed E-state index contributed by atoms with van der Waals surface area (Å²) < 4.78 is 0. The molecule has 2 N–H and O–H groups in total. The van der Waals surface area contributed by atoms with E-state index in [1.165, 1.54) is 31.7 Å². The molecule has 3 aromatic rings. The van der Waals surface area contributed by atoms with Crippen LogP contribution in [0.15, 0.2) is 52.3 Å². The molecule has 0 saturated heterocycles. The number of thioether (sulfide) groups is 2. The highest BCUT2D eigenvalue weighted by molar-refractivity contribution is 8.01. The van der Waals surface area contributed by atoms with E-state index in [0.29, 0.717) is 40.0 Å². The molecule has 0 aliphatic heterocycles. The molecule has 0 spiro atoms. The molecule has 0 fully saturated rings. The molecule has 2 radical (unpaired) electrons. The van der Waals surface area contributed by atoms with Gasteiger partial charge in [0.05, 0.1) is 17.6 Å². The minimum atomic E-state index is -1.16. The first-order valence-electron chi connectivity index (χ1n) is 16.2. The Balaban J connectivity index is 0.000000312. The molecule has 0 aliphatic rings. The zero-order chi connectivity index (χ0) is 33.5. The topological polar surface area (TPSA) is 40.5 Å². The third kappa shape index (κ3) is 10.5. The van der Waals surface area contributed by atoms with Gasteiger partial charge in [-0.2, -0.15) is 0 Å². The Morgan fingerprint density at radius 2 is 1.27 bits per heavy atom. The third-order valence-corrected chi connectivity index (χ3v) is 16.9. The highest BCUT2D eigenvalue weighted by atomic mass is 32.2. The summed E-state index contributed by atoms with van der Waals surface area (Å²) in [5, 5.41) is 23.3. The van der Waals surface area contributed by atoms with Crippen molar-refractivity contribution < 1.29 is 10.2 Å². The van der Waals surface area contributed by atoms with Gasteiger partial charge >= 0.3 is 0 Å². The molecule has 0 amide bonds. The van der Waals surface area contributed by atoms with Crippen LogP contribution >= 0.6 is 23.5 Å². The number of benzene rings is 3. The second-order valence-electron chi connectivity index (χ2n) is 14.3. The van der Waals surface area contributed by atoms with E-state index in [1.54, 1.807) is 0 Å². The molecule has 0 aliphatic carbocycles. The van der Waals surface area contributed by atoms with Gasteiger partial charge in [-0.1, -0.05) is 105 Å². The van der Waals surface area contributed by atoms with Gasteiger partial charge in [0.1, 0.15) is 11.5 Å². The molecule has 0 bridgehead atoms. The Morgan fingerprint density at radius 3 is 1.75 bits per heavy atom. The van der Waals surface area contributed by atoms with Gasteiger partial charge in [-0.3, -0.25) is 0 Å². The molecule has 44 heavy (non-hydrogen) atoms. The summed E-state index contributed by atoms with van der Waals surface area (Å²) in [5.41, 5.74) is 7.41. The first-order chi connectivity index (χ1) is 20.4. The summed E-state index contributed by atoms with van der Waals surface area (Å²) in [6, 6.07) is 14.9. The molecular formula is C38H58O2S2Si2. The fourth-order valence-corrected chi connectivity index (χ4v) is 10.5. The van der Waals surface area contributed by atoms with Crippen molar-refractivity contribution in [3.05, 3.63) is 75.8 Å². The van der Waals surface area contributed by atoms with Crippen molar-refractivity contribution >= 4 is 46.3 Å². The Hall–Kier alpha value is -1.61. The lowest BCUT2D eigenvalue weighted by Crippen LogP contribution is -2.33. The summed E-state index contributed by atoms with van der Waals surface area (Å²) >= 11 is 3.90. The number of rotatable bonds is 11. The SMILES string of the molecule is CC(C)c1c(O)ccc(SC(C)[Si](C)(C)C)c1C(C)C.Cc1cccc([Si]CSc2cc(C(C)C)c(O)c(C(C)C)c2)c1C. The molecule has 6 heteroatoms. The summed E-state index contributed by atoms with van der Waals surface area (Å²) in [7, 11) is -0.353. The number of hydrogen-bond acceptors (Lipinski definition) is 4. The van der Waals surface area contributed by atoms with Gasteiger partial charge in [-0.15, -0.1) is 23.5 Å². The van der Waals surface area contributed by atoms with Gasteiger partial charge < -0.3 is 10.2 Å². The van der Waals surface area contributed by atoms with E-state index in [2.05, 4.69) is 132 Å². The fourth-order valence-electron chi connectivity index (χ4n) is 5.03. The minimum Gasteiger partial charge on any atom is -0.508 e. The van der Waals surface area contributed by atoms with Crippen molar-refractivity contribution in [3.8, 4) is 11.5 Å². The number of aromatic hydroxyl groups is 2. The van der Waals surface area contributed by atoms with E-state index in [9.17, 15) is 10.2 Å². The van der Waals surface area contributed by atoms with Crippen LogP contribution in [-0.2, 0) is 0 Å². The van der Waals surface area contributed by atoms with Crippen LogP contribution in [0.25, 0.3) is 0 Å². The third-order valence-electron chi connectivity index (χ3n) is 8.39. The van der Waals surface area contributed by atoms with Gasteiger partial charge in [-0.25, -0.2) is 0 Å². The Kier molecular flexibility index (Phi) is 14.7. The maximum Gasteiger partial charge on any atom is 0.122 e. The average molecular weight is 667 g/mol. The van der Waals surface area contributed by atoms with Crippen molar-refractivity contribution in [2.45, 2.75) is 134 Å². The van der Waals surface area contributed by atoms with Crippen LogP contribution < -0.4 is 5.19 Å². The molecule has 0 heterocycles. The van der Waals surface area contributed by atoms with E-state index >= 15 is 0 Å². The van der Waals surface area contributed by atoms with E-state index < -0.39 is 8.07 Å². The molecule has 1 atom stereocenters. The second kappa shape index (κ2) is 16.8. The predicted octanol–water partition coefficient (Wildman–Crippen LogP) is 11.3. The number of aryl methyl sites for hydroxylation is 1. The summed E-state index contributed by atoms with van der Waals surface area (Å²) in [4.78, 5) is 3.30. The number of hydrogen-bond donors (Lipinski definition) is 2. The first kappa shape index (κ1) is 38.6. The summed E-state index contributed by atoms with van der Waals surface area (Å²) in [5.74, 6) is 2.41. The monoisotopic (exact) mass is 666 g/mol. The minimum absolute atomic E-state index is 0.338.